The molecule has 5 nitrogen and oxygen atoms in total. The molecular formula is C11H20N2O3. The number of likely N-dealkylation sites (tertiary alicyclic amines) is 1. The Balaban J connectivity index is 2.42. The third kappa shape index (κ3) is 2.95. The van der Waals surface area contributed by atoms with E-state index in [2.05, 4.69) is 5.32 Å². The van der Waals surface area contributed by atoms with E-state index in [-0.39, 0.29) is 5.91 Å². The van der Waals surface area contributed by atoms with E-state index in [0.717, 1.165) is 6.54 Å². The van der Waals surface area contributed by atoms with Gasteiger partial charge in [-0.05, 0) is 26.3 Å². The van der Waals surface area contributed by atoms with E-state index < -0.39 is 11.4 Å². The van der Waals surface area contributed by atoms with Crippen molar-refractivity contribution >= 4 is 11.9 Å². The highest BCUT2D eigenvalue weighted by Crippen LogP contribution is 2.30. The molecule has 0 spiro atoms. The summed E-state index contributed by atoms with van der Waals surface area (Å²) in [7, 11) is 0. The summed E-state index contributed by atoms with van der Waals surface area (Å²) in [5, 5.41) is 12.0. The van der Waals surface area contributed by atoms with Gasteiger partial charge in [0, 0.05) is 13.1 Å². The number of carbonyl (C=O) groups excluding carboxylic acids is 1. The molecule has 1 aliphatic heterocycles. The average molecular weight is 228 g/mol. The van der Waals surface area contributed by atoms with E-state index in [4.69, 9.17) is 5.11 Å². The van der Waals surface area contributed by atoms with Gasteiger partial charge in [0.2, 0.25) is 5.91 Å². The molecule has 1 aliphatic rings. The molecule has 16 heavy (non-hydrogen) atoms. The lowest BCUT2D eigenvalue weighted by atomic mass is 9.80. The van der Waals surface area contributed by atoms with Gasteiger partial charge in [0.1, 0.15) is 0 Å². The van der Waals surface area contributed by atoms with Crippen LogP contribution in [-0.2, 0) is 9.59 Å². The number of piperidine rings is 1. The first-order chi connectivity index (χ1) is 7.49. The summed E-state index contributed by atoms with van der Waals surface area (Å²) in [5.41, 5.74) is -0.658. The number of aliphatic carboxylic acids is 1. The van der Waals surface area contributed by atoms with Gasteiger partial charge in [0.25, 0.3) is 0 Å². The molecule has 1 rings (SSSR count). The van der Waals surface area contributed by atoms with Crippen LogP contribution in [0, 0.1) is 5.41 Å². The second-order valence-electron chi connectivity index (χ2n) is 4.53. The molecule has 1 amide bonds. The second-order valence-corrected chi connectivity index (χ2v) is 4.53. The number of rotatable bonds is 4. The molecule has 0 aromatic heterocycles. The highest BCUT2D eigenvalue weighted by Gasteiger charge is 2.37. The van der Waals surface area contributed by atoms with E-state index in [1.807, 2.05) is 6.92 Å². The Bertz CT molecular complexity index is 270. The Labute approximate surface area is 95.8 Å². The number of hydrogen-bond donors (Lipinski definition) is 2. The van der Waals surface area contributed by atoms with E-state index in [1.165, 1.54) is 0 Å². The topological polar surface area (TPSA) is 69.6 Å². The minimum absolute atomic E-state index is 0.0642. The Morgan fingerprint density at radius 3 is 2.38 bits per heavy atom. The molecule has 0 radical (unpaired) electrons. The lowest BCUT2D eigenvalue weighted by Crippen LogP contribution is -2.47. The maximum absolute atomic E-state index is 11.7. The van der Waals surface area contributed by atoms with Crippen LogP contribution in [-0.4, -0.2) is 48.1 Å². The number of carboxylic acid groups (broad SMARTS) is 1. The van der Waals surface area contributed by atoms with Crippen molar-refractivity contribution in [3.8, 4) is 0 Å². The number of nitrogens with zero attached hydrogens (tertiary/aromatic N) is 1. The summed E-state index contributed by atoms with van der Waals surface area (Å²) >= 11 is 0. The molecule has 0 aromatic rings. The second kappa shape index (κ2) is 5.30. The van der Waals surface area contributed by atoms with Crippen molar-refractivity contribution < 1.29 is 14.7 Å². The molecule has 5 heteroatoms. The van der Waals surface area contributed by atoms with Gasteiger partial charge in [-0.3, -0.25) is 9.59 Å². The van der Waals surface area contributed by atoms with Gasteiger partial charge in [-0.2, -0.15) is 0 Å². The predicted molar refractivity (Wildman–Crippen MR) is 60.1 cm³/mol. The molecule has 0 aliphatic carbocycles. The van der Waals surface area contributed by atoms with Crippen LogP contribution in [0.25, 0.3) is 0 Å². The van der Waals surface area contributed by atoms with Crippen LogP contribution in [0.5, 0.6) is 0 Å². The molecule has 0 bridgehead atoms. The van der Waals surface area contributed by atoms with Crippen LogP contribution in [0.2, 0.25) is 0 Å². The van der Waals surface area contributed by atoms with Gasteiger partial charge in [-0.25, -0.2) is 0 Å². The predicted octanol–water partition coefficient (Wildman–Crippen LogP) is 0.309. The monoisotopic (exact) mass is 228 g/mol. The number of hydrogen-bond acceptors (Lipinski definition) is 3. The first kappa shape index (κ1) is 13.0. The molecule has 0 saturated carbocycles. The summed E-state index contributed by atoms with van der Waals surface area (Å²) in [6.45, 7) is 5.92. The molecule has 1 saturated heterocycles. The summed E-state index contributed by atoms with van der Waals surface area (Å²) in [6, 6.07) is 0. The van der Waals surface area contributed by atoms with Crippen LogP contribution in [0.1, 0.15) is 26.7 Å². The Morgan fingerprint density at radius 2 is 1.94 bits per heavy atom. The van der Waals surface area contributed by atoms with Crippen molar-refractivity contribution in [1.29, 1.82) is 0 Å². The molecule has 1 heterocycles. The molecular weight excluding hydrogens is 208 g/mol. The van der Waals surface area contributed by atoms with E-state index in [9.17, 15) is 9.59 Å². The molecule has 1 fully saturated rings. The fraction of sp³-hybridized carbons (Fsp3) is 0.818. The zero-order chi connectivity index (χ0) is 12.2. The van der Waals surface area contributed by atoms with E-state index in [1.54, 1.807) is 11.8 Å². The minimum Gasteiger partial charge on any atom is -0.481 e. The molecule has 2 N–H and O–H groups in total. The van der Waals surface area contributed by atoms with Crippen LogP contribution in [0.3, 0.4) is 0 Å². The zero-order valence-corrected chi connectivity index (χ0v) is 9.95. The number of likely N-dealkylation sites (N-methyl/N-ethyl adjacent to an activating group) is 1. The van der Waals surface area contributed by atoms with Gasteiger partial charge in [-0.15, -0.1) is 0 Å². The van der Waals surface area contributed by atoms with E-state index in [0.29, 0.717) is 32.5 Å². The first-order valence-corrected chi connectivity index (χ1v) is 5.71. The first-order valence-electron chi connectivity index (χ1n) is 5.71. The molecule has 0 unspecified atom stereocenters. The summed E-state index contributed by atoms with van der Waals surface area (Å²) in [4.78, 5) is 24.4. The summed E-state index contributed by atoms with van der Waals surface area (Å²) in [5.74, 6) is -0.694. The molecule has 0 aromatic carbocycles. The minimum atomic E-state index is -0.758. The van der Waals surface area contributed by atoms with Gasteiger partial charge < -0.3 is 15.3 Å². The third-order valence-corrected chi connectivity index (χ3v) is 3.26. The largest absolute Gasteiger partial charge is 0.481 e. The third-order valence-electron chi connectivity index (χ3n) is 3.26. The van der Waals surface area contributed by atoms with Gasteiger partial charge in [-0.1, -0.05) is 6.92 Å². The van der Waals surface area contributed by atoms with Gasteiger partial charge in [0.15, 0.2) is 0 Å². The lowest BCUT2D eigenvalue weighted by Gasteiger charge is -2.36. The van der Waals surface area contributed by atoms with Crippen molar-refractivity contribution in [2.45, 2.75) is 26.7 Å². The number of nitrogens with one attached hydrogen (secondary N) is 1. The maximum atomic E-state index is 11.7. The molecule has 92 valence electrons. The number of amides is 1. The fourth-order valence-corrected chi connectivity index (χ4v) is 1.81. The van der Waals surface area contributed by atoms with Gasteiger partial charge in [0.05, 0.1) is 12.0 Å². The normalized spacial score (nSPS) is 19.5. The van der Waals surface area contributed by atoms with Crippen molar-refractivity contribution in [3.05, 3.63) is 0 Å². The highest BCUT2D eigenvalue weighted by molar-refractivity contribution is 5.79. The smallest absolute Gasteiger partial charge is 0.309 e. The van der Waals surface area contributed by atoms with E-state index >= 15 is 0 Å². The van der Waals surface area contributed by atoms with Crippen molar-refractivity contribution in [1.82, 2.24) is 10.2 Å². The quantitative estimate of drug-likeness (QED) is 0.726. The van der Waals surface area contributed by atoms with Crippen molar-refractivity contribution in [3.63, 3.8) is 0 Å². The maximum Gasteiger partial charge on any atom is 0.309 e. The van der Waals surface area contributed by atoms with Crippen LogP contribution in [0.4, 0.5) is 0 Å². The van der Waals surface area contributed by atoms with Gasteiger partial charge >= 0.3 is 5.97 Å². The van der Waals surface area contributed by atoms with Crippen LogP contribution < -0.4 is 5.32 Å². The Morgan fingerprint density at radius 1 is 1.38 bits per heavy atom. The standard InChI is InChI=1S/C11H20N2O3/c1-3-12-8-9(14)13-6-4-11(2,5-7-13)10(15)16/h12H,3-8H2,1-2H3,(H,15,16). The fourth-order valence-electron chi connectivity index (χ4n) is 1.81. The van der Waals surface area contributed by atoms with Crippen molar-refractivity contribution in [2.75, 3.05) is 26.2 Å². The van der Waals surface area contributed by atoms with Crippen LogP contribution >= 0.6 is 0 Å². The number of carbonyl (C=O) groups is 2. The summed E-state index contributed by atoms with van der Waals surface area (Å²) < 4.78 is 0. The average Bonchev–Trinajstić information content (AvgIpc) is 2.26. The zero-order valence-electron chi connectivity index (χ0n) is 9.95. The SMILES string of the molecule is CCNCC(=O)N1CCC(C)(C(=O)O)CC1. The van der Waals surface area contributed by atoms with Crippen molar-refractivity contribution in [2.24, 2.45) is 5.41 Å². The highest BCUT2D eigenvalue weighted by atomic mass is 16.4. The Hall–Kier alpha value is -1.10. The Kier molecular flexibility index (Phi) is 4.29. The number of carboxylic acids is 1. The summed E-state index contributed by atoms with van der Waals surface area (Å²) in [6.07, 6.45) is 1.08. The van der Waals surface area contributed by atoms with Crippen LogP contribution in [0.15, 0.2) is 0 Å². The lowest BCUT2D eigenvalue weighted by molar-refractivity contribution is -0.152. The molecule has 0 atom stereocenters.